The molecule has 16 heavy (non-hydrogen) atoms. The Morgan fingerprint density at radius 3 is 3.06 bits per heavy atom. The Kier molecular flexibility index (Phi) is 3.39. The van der Waals surface area contributed by atoms with Crippen molar-refractivity contribution >= 4 is 5.78 Å². The average Bonchev–Trinajstić information content (AvgIpc) is 2.87. The highest BCUT2D eigenvalue weighted by Gasteiger charge is 2.29. The van der Waals surface area contributed by atoms with Crippen LogP contribution in [0.2, 0.25) is 0 Å². The quantitative estimate of drug-likeness (QED) is 0.786. The summed E-state index contributed by atoms with van der Waals surface area (Å²) >= 11 is 0. The zero-order chi connectivity index (χ0) is 11.5. The standard InChI is InChI=1S/C12H19N3O/c1-2-7-15-11(5-6-14-15)12(16)9-3-4-10(13)8-9/h5-6,9-10H,2-4,7-8,13H2,1H3. The summed E-state index contributed by atoms with van der Waals surface area (Å²) in [6.45, 7) is 2.90. The number of rotatable bonds is 4. The predicted molar refractivity (Wildman–Crippen MR) is 62.2 cm³/mol. The van der Waals surface area contributed by atoms with Gasteiger partial charge in [-0.3, -0.25) is 9.48 Å². The maximum atomic E-state index is 12.2. The highest BCUT2D eigenvalue weighted by molar-refractivity contribution is 5.96. The third kappa shape index (κ3) is 2.16. The third-order valence-corrected chi connectivity index (χ3v) is 3.25. The van der Waals surface area contributed by atoms with Crippen LogP contribution in [0.3, 0.4) is 0 Å². The van der Waals surface area contributed by atoms with Crippen molar-refractivity contribution < 1.29 is 4.79 Å². The van der Waals surface area contributed by atoms with Gasteiger partial charge in [0.25, 0.3) is 0 Å². The summed E-state index contributed by atoms with van der Waals surface area (Å²) < 4.78 is 1.81. The van der Waals surface area contributed by atoms with Crippen LogP contribution in [0.15, 0.2) is 12.3 Å². The topological polar surface area (TPSA) is 60.9 Å². The molecular formula is C12H19N3O. The lowest BCUT2D eigenvalue weighted by Gasteiger charge is -2.10. The molecule has 88 valence electrons. The molecular weight excluding hydrogens is 202 g/mol. The number of carbonyl (C=O) groups excluding carboxylic acids is 1. The minimum atomic E-state index is 0.113. The molecule has 0 bridgehead atoms. The molecule has 1 aromatic heterocycles. The van der Waals surface area contributed by atoms with Crippen molar-refractivity contribution in [1.82, 2.24) is 9.78 Å². The summed E-state index contributed by atoms with van der Waals surface area (Å²) in [5, 5.41) is 4.18. The molecule has 4 nitrogen and oxygen atoms in total. The van der Waals surface area contributed by atoms with Gasteiger partial charge in [-0.1, -0.05) is 6.92 Å². The monoisotopic (exact) mass is 221 g/mol. The molecule has 2 unspecified atom stereocenters. The lowest BCUT2D eigenvalue weighted by atomic mass is 10.00. The van der Waals surface area contributed by atoms with Gasteiger partial charge in [0.05, 0.1) is 0 Å². The molecule has 2 N–H and O–H groups in total. The number of Topliss-reactive ketones (excluding diaryl/α,β-unsaturated/α-hetero) is 1. The van der Waals surface area contributed by atoms with Gasteiger partial charge < -0.3 is 5.73 Å². The Labute approximate surface area is 95.8 Å². The van der Waals surface area contributed by atoms with E-state index >= 15 is 0 Å². The minimum absolute atomic E-state index is 0.113. The van der Waals surface area contributed by atoms with Crippen LogP contribution in [-0.4, -0.2) is 21.6 Å². The number of ketones is 1. The molecule has 2 rings (SSSR count). The Morgan fingerprint density at radius 1 is 1.62 bits per heavy atom. The number of nitrogens with zero attached hydrogens (tertiary/aromatic N) is 2. The van der Waals surface area contributed by atoms with Crippen molar-refractivity contribution in [1.29, 1.82) is 0 Å². The maximum absolute atomic E-state index is 12.2. The third-order valence-electron chi connectivity index (χ3n) is 3.25. The summed E-state index contributed by atoms with van der Waals surface area (Å²) in [6, 6.07) is 2.03. The van der Waals surface area contributed by atoms with Crippen LogP contribution >= 0.6 is 0 Å². The molecule has 1 fully saturated rings. The Hall–Kier alpha value is -1.16. The van der Waals surface area contributed by atoms with E-state index in [4.69, 9.17) is 5.73 Å². The van der Waals surface area contributed by atoms with E-state index in [1.54, 1.807) is 6.20 Å². The zero-order valence-corrected chi connectivity index (χ0v) is 9.72. The van der Waals surface area contributed by atoms with E-state index in [0.29, 0.717) is 0 Å². The van der Waals surface area contributed by atoms with E-state index in [2.05, 4.69) is 12.0 Å². The summed E-state index contributed by atoms with van der Waals surface area (Å²) in [5.41, 5.74) is 6.59. The van der Waals surface area contributed by atoms with Gasteiger partial charge in [-0.05, 0) is 31.7 Å². The van der Waals surface area contributed by atoms with E-state index < -0.39 is 0 Å². The van der Waals surface area contributed by atoms with Gasteiger partial charge in [0.15, 0.2) is 5.78 Å². The van der Waals surface area contributed by atoms with E-state index in [0.717, 1.165) is 37.9 Å². The van der Waals surface area contributed by atoms with Crippen LogP contribution in [0.4, 0.5) is 0 Å². The molecule has 1 heterocycles. The fraction of sp³-hybridized carbons (Fsp3) is 0.667. The molecule has 0 aliphatic heterocycles. The first-order valence-corrected chi connectivity index (χ1v) is 6.04. The molecule has 0 spiro atoms. The molecule has 0 aromatic carbocycles. The molecule has 1 aromatic rings. The van der Waals surface area contributed by atoms with Gasteiger partial charge in [-0.2, -0.15) is 5.10 Å². The number of nitrogens with two attached hydrogens (primary N) is 1. The minimum Gasteiger partial charge on any atom is -0.328 e. The Balaban J connectivity index is 2.11. The van der Waals surface area contributed by atoms with E-state index in [1.165, 1.54) is 0 Å². The van der Waals surface area contributed by atoms with Gasteiger partial charge in [0, 0.05) is 24.7 Å². The van der Waals surface area contributed by atoms with Gasteiger partial charge in [-0.15, -0.1) is 0 Å². The van der Waals surface area contributed by atoms with Crippen molar-refractivity contribution in [2.45, 2.75) is 45.2 Å². The number of aryl methyl sites for hydroxylation is 1. The summed E-state index contributed by atoms with van der Waals surface area (Å²) in [5.74, 6) is 0.334. The summed E-state index contributed by atoms with van der Waals surface area (Å²) in [7, 11) is 0. The van der Waals surface area contributed by atoms with Crippen molar-refractivity contribution in [2.75, 3.05) is 0 Å². The molecule has 0 saturated heterocycles. The second-order valence-corrected chi connectivity index (χ2v) is 4.57. The van der Waals surface area contributed by atoms with Crippen LogP contribution in [0.1, 0.15) is 43.1 Å². The summed E-state index contributed by atoms with van der Waals surface area (Å²) in [4.78, 5) is 12.2. The highest BCUT2D eigenvalue weighted by atomic mass is 16.1. The second kappa shape index (κ2) is 4.78. The lowest BCUT2D eigenvalue weighted by molar-refractivity contribution is 0.0910. The maximum Gasteiger partial charge on any atom is 0.183 e. The van der Waals surface area contributed by atoms with E-state index in [1.807, 2.05) is 10.7 Å². The van der Waals surface area contributed by atoms with Crippen molar-refractivity contribution in [3.63, 3.8) is 0 Å². The van der Waals surface area contributed by atoms with Crippen LogP contribution in [0, 0.1) is 5.92 Å². The number of carbonyl (C=O) groups is 1. The SMILES string of the molecule is CCCn1nccc1C(=O)C1CCC(N)C1. The Bertz CT molecular complexity index is 372. The fourth-order valence-corrected chi connectivity index (χ4v) is 2.40. The number of hydrogen-bond donors (Lipinski definition) is 1. The van der Waals surface area contributed by atoms with Gasteiger partial charge in [-0.25, -0.2) is 0 Å². The summed E-state index contributed by atoms with van der Waals surface area (Å²) in [6.07, 6.45) is 5.43. The smallest absolute Gasteiger partial charge is 0.183 e. The van der Waals surface area contributed by atoms with Crippen LogP contribution in [0.25, 0.3) is 0 Å². The number of hydrogen-bond acceptors (Lipinski definition) is 3. The second-order valence-electron chi connectivity index (χ2n) is 4.57. The normalized spacial score (nSPS) is 24.9. The van der Waals surface area contributed by atoms with Crippen LogP contribution in [-0.2, 0) is 6.54 Å². The zero-order valence-electron chi connectivity index (χ0n) is 9.72. The molecule has 0 radical (unpaired) electrons. The van der Waals surface area contributed by atoms with E-state index in [-0.39, 0.29) is 17.7 Å². The molecule has 2 atom stereocenters. The van der Waals surface area contributed by atoms with E-state index in [9.17, 15) is 4.79 Å². The number of aromatic nitrogens is 2. The molecule has 1 aliphatic rings. The Morgan fingerprint density at radius 2 is 2.44 bits per heavy atom. The van der Waals surface area contributed by atoms with Crippen LogP contribution < -0.4 is 5.73 Å². The first-order chi connectivity index (χ1) is 7.72. The molecule has 4 heteroatoms. The predicted octanol–water partition coefficient (Wildman–Crippen LogP) is 1.60. The first-order valence-electron chi connectivity index (χ1n) is 6.04. The lowest BCUT2D eigenvalue weighted by Crippen LogP contribution is -2.20. The van der Waals surface area contributed by atoms with Gasteiger partial charge in [0.1, 0.15) is 5.69 Å². The molecule has 1 aliphatic carbocycles. The molecule has 0 amide bonds. The fourth-order valence-electron chi connectivity index (χ4n) is 2.40. The first kappa shape index (κ1) is 11.3. The van der Waals surface area contributed by atoms with Crippen molar-refractivity contribution in [2.24, 2.45) is 11.7 Å². The van der Waals surface area contributed by atoms with Crippen LogP contribution in [0.5, 0.6) is 0 Å². The largest absolute Gasteiger partial charge is 0.328 e. The molecule has 1 saturated carbocycles. The van der Waals surface area contributed by atoms with Crippen molar-refractivity contribution in [3.05, 3.63) is 18.0 Å². The highest BCUT2D eigenvalue weighted by Crippen LogP contribution is 2.27. The van der Waals surface area contributed by atoms with Gasteiger partial charge >= 0.3 is 0 Å². The van der Waals surface area contributed by atoms with Gasteiger partial charge in [0.2, 0.25) is 0 Å². The van der Waals surface area contributed by atoms with Crippen molar-refractivity contribution in [3.8, 4) is 0 Å². The average molecular weight is 221 g/mol.